The van der Waals surface area contributed by atoms with Gasteiger partial charge in [-0.3, -0.25) is 4.79 Å². The number of aromatic carboxylic acids is 1. The topological polar surface area (TPSA) is 116 Å². The quantitative estimate of drug-likeness (QED) is 0.518. The molecule has 0 atom stereocenters. The number of hydrogen-bond acceptors (Lipinski definition) is 5. The number of benzene rings is 2. The molecule has 0 aliphatic carbocycles. The minimum Gasteiger partial charge on any atom is -0.478 e. The van der Waals surface area contributed by atoms with Gasteiger partial charge < -0.3 is 5.11 Å². The predicted octanol–water partition coefficient (Wildman–Crippen LogP) is 2.18. The molecule has 8 nitrogen and oxygen atoms in total. The number of rotatable bonds is 8. The Hall–Kier alpha value is -3.04. The van der Waals surface area contributed by atoms with Crippen LogP contribution in [0.25, 0.3) is 0 Å². The summed E-state index contributed by atoms with van der Waals surface area (Å²) in [4.78, 5) is 23.1. The summed E-state index contributed by atoms with van der Waals surface area (Å²) in [5, 5.41) is 12.7. The lowest BCUT2D eigenvalue weighted by Crippen LogP contribution is -2.30. The van der Waals surface area contributed by atoms with E-state index in [-0.39, 0.29) is 16.0 Å². The molecule has 148 valence electrons. The lowest BCUT2D eigenvalue weighted by molar-refractivity contribution is 0.0696. The molecule has 2 N–H and O–H groups in total. The number of sulfonamides is 1. The van der Waals surface area contributed by atoms with Crippen LogP contribution in [-0.2, 0) is 10.0 Å². The van der Waals surface area contributed by atoms with Crippen LogP contribution in [0.3, 0.4) is 0 Å². The summed E-state index contributed by atoms with van der Waals surface area (Å²) in [6.45, 7) is 4.16. The van der Waals surface area contributed by atoms with E-state index in [9.17, 15) is 18.0 Å². The Morgan fingerprint density at radius 3 is 2.29 bits per heavy atom. The summed E-state index contributed by atoms with van der Waals surface area (Å²) in [5.74, 6) is -1.59. The van der Waals surface area contributed by atoms with Crippen molar-refractivity contribution in [2.75, 3.05) is 13.1 Å². The molecule has 1 amide bonds. The van der Waals surface area contributed by atoms with Gasteiger partial charge in [-0.2, -0.15) is 9.41 Å². The number of nitrogens with one attached hydrogen (secondary N) is 1. The summed E-state index contributed by atoms with van der Waals surface area (Å²) in [6, 6.07) is 11.7. The van der Waals surface area contributed by atoms with E-state index in [4.69, 9.17) is 5.11 Å². The van der Waals surface area contributed by atoms with E-state index in [1.807, 2.05) is 0 Å². The molecule has 0 unspecified atom stereocenters. The lowest BCUT2D eigenvalue weighted by Gasteiger charge is -2.18. The largest absolute Gasteiger partial charge is 0.478 e. The van der Waals surface area contributed by atoms with Crippen LogP contribution in [-0.4, -0.2) is 49.0 Å². The first-order chi connectivity index (χ1) is 13.3. The molecule has 9 heteroatoms. The molecule has 2 rings (SSSR count). The highest BCUT2D eigenvalue weighted by atomic mass is 32.2. The number of carbonyl (C=O) groups is 2. The van der Waals surface area contributed by atoms with Crippen LogP contribution < -0.4 is 5.43 Å². The maximum Gasteiger partial charge on any atom is 0.335 e. The molecule has 0 radical (unpaired) electrons. The summed E-state index contributed by atoms with van der Waals surface area (Å²) in [5.41, 5.74) is 3.23. The molecule has 0 saturated heterocycles. The van der Waals surface area contributed by atoms with Crippen LogP contribution >= 0.6 is 0 Å². The molecule has 2 aromatic carbocycles. The van der Waals surface area contributed by atoms with Gasteiger partial charge in [0.25, 0.3) is 5.91 Å². The maximum absolute atomic E-state index is 12.6. The molecule has 0 fully saturated rings. The van der Waals surface area contributed by atoms with Crippen molar-refractivity contribution in [3.8, 4) is 0 Å². The van der Waals surface area contributed by atoms with Crippen molar-refractivity contribution < 1.29 is 23.1 Å². The second kappa shape index (κ2) is 9.25. The van der Waals surface area contributed by atoms with Gasteiger partial charge >= 0.3 is 5.97 Å². The first kappa shape index (κ1) is 21.3. The van der Waals surface area contributed by atoms with E-state index in [1.165, 1.54) is 46.9 Å². The summed E-state index contributed by atoms with van der Waals surface area (Å²) in [6.07, 6.45) is 1.36. The van der Waals surface area contributed by atoms with Crippen LogP contribution in [0.1, 0.15) is 40.1 Å². The fraction of sp³-hybridized carbons (Fsp3) is 0.211. The maximum atomic E-state index is 12.6. The fourth-order valence-corrected chi connectivity index (χ4v) is 3.96. The molecule has 0 bridgehead atoms. The van der Waals surface area contributed by atoms with Gasteiger partial charge in [0.1, 0.15) is 0 Å². The highest BCUT2D eigenvalue weighted by Crippen LogP contribution is 2.17. The fourth-order valence-electron chi connectivity index (χ4n) is 2.45. The van der Waals surface area contributed by atoms with Gasteiger partial charge in [0, 0.05) is 18.7 Å². The van der Waals surface area contributed by atoms with Crippen molar-refractivity contribution >= 4 is 28.1 Å². The molecule has 0 aromatic heterocycles. The molecule has 2 aromatic rings. The van der Waals surface area contributed by atoms with Gasteiger partial charge in [0.2, 0.25) is 10.0 Å². The second-order valence-electron chi connectivity index (χ2n) is 5.74. The minimum absolute atomic E-state index is 0.0390. The lowest BCUT2D eigenvalue weighted by atomic mass is 10.1. The van der Waals surface area contributed by atoms with E-state index < -0.39 is 21.9 Å². The Morgan fingerprint density at radius 1 is 1.07 bits per heavy atom. The number of carboxylic acid groups (broad SMARTS) is 1. The molecule has 0 saturated carbocycles. The molecule has 0 heterocycles. The van der Waals surface area contributed by atoms with Gasteiger partial charge in [0.05, 0.1) is 16.7 Å². The van der Waals surface area contributed by atoms with Crippen LogP contribution in [0, 0.1) is 0 Å². The smallest absolute Gasteiger partial charge is 0.335 e. The van der Waals surface area contributed by atoms with Crippen molar-refractivity contribution in [2.45, 2.75) is 18.7 Å². The van der Waals surface area contributed by atoms with E-state index >= 15 is 0 Å². The normalized spacial score (nSPS) is 11.7. The van der Waals surface area contributed by atoms with Gasteiger partial charge in [-0.1, -0.05) is 32.0 Å². The molecule has 28 heavy (non-hydrogen) atoms. The van der Waals surface area contributed by atoms with Crippen LogP contribution in [0.2, 0.25) is 0 Å². The zero-order valence-electron chi connectivity index (χ0n) is 15.5. The zero-order valence-corrected chi connectivity index (χ0v) is 16.3. The SMILES string of the molecule is CCN(CC)S(=O)(=O)c1cccc(C(=O)NN=Cc2ccc(C(=O)O)cc2)c1. The Bertz CT molecular complexity index is 981. The van der Waals surface area contributed by atoms with Crippen LogP contribution in [0.15, 0.2) is 58.5 Å². The van der Waals surface area contributed by atoms with Gasteiger partial charge in [-0.05, 0) is 35.9 Å². The Labute approximate surface area is 163 Å². The van der Waals surface area contributed by atoms with E-state index in [2.05, 4.69) is 10.5 Å². The molecule has 0 aliphatic rings. The van der Waals surface area contributed by atoms with E-state index in [1.54, 1.807) is 26.0 Å². The van der Waals surface area contributed by atoms with Crippen molar-refractivity contribution in [3.05, 3.63) is 65.2 Å². The van der Waals surface area contributed by atoms with Gasteiger partial charge in [0.15, 0.2) is 0 Å². The standard InChI is InChI=1S/C19H21N3O5S/c1-3-22(4-2)28(26,27)17-7-5-6-16(12-17)18(23)21-20-13-14-8-10-15(11-9-14)19(24)25/h5-13H,3-4H2,1-2H3,(H,21,23)(H,24,25). The monoisotopic (exact) mass is 403 g/mol. The average Bonchev–Trinajstić information content (AvgIpc) is 2.69. The summed E-state index contributed by atoms with van der Waals surface area (Å²) in [7, 11) is -3.66. The van der Waals surface area contributed by atoms with E-state index in [0.717, 1.165) is 0 Å². The molecule has 0 aliphatic heterocycles. The minimum atomic E-state index is -3.66. The Morgan fingerprint density at radius 2 is 1.71 bits per heavy atom. The summed E-state index contributed by atoms with van der Waals surface area (Å²) >= 11 is 0. The van der Waals surface area contributed by atoms with Crippen molar-refractivity contribution in [1.82, 2.24) is 9.73 Å². The summed E-state index contributed by atoms with van der Waals surface area (Å²) < 4.78 is 26.4. The predicted molar refractivity (Wildman–Crippen MR) is 105 cm³/mol. The second-order valence-corrected chi connectivity index (χ2v) is 7.68. The van der Waals surface area contributed by atoms with Gasteiger partial charge in [-0.15, -0.1) is 0 Å². The zero-order chi connectivity index (χ0) is 20.7. The average molecular weight is 403 g/mol. The molecular formula is C19H21N3O5S. The third-order valence-corrected chi connectivity index (χ3v) is 6.02. The first-order valence-corrected chi connectivity index (χ1v) is 10.0. The number of carboxylic acids is 1. The van der Waals surface area contributed by atoms with Crippen molar-refractivity contribution in [2.24, 2.45) is 5.10 Å². The van der Waals surface area contributed by atoms with Crippen LogP contribution in [0.5, 0.6) is 0 Å². The molecular weight excluding hydrogens is 382 g/mol. The highest BCUT2D eigenvalue weighted by Gasteiger charge is 2.22. The molecule has 0 spiro atoms. The third kappa shape index (κ3) is 5.02. The Balaban J connectivity index is 2.11. The first-order valence-electron chi connectivity index (χ1n) is 8.56. The van der Waals surface area contributed by atoms with Crippen molar-refractivity contribution in [1.29, 1.82) is 0 Å². The highest BCUT2D eigenvalue weighted by molar-refractivity contribution is 7.89. The van der Waals surface area contributed by atoms with Crippen LogP contribution in [0.4, 0.5) is 0 Å². The van der Waals surface area contributed by atoms with Gasteiger partial charge in [-0.25, -0.2) is 18.6 Å². The number of nitrogens with zero attached hydrogens (tertiary/aromatic N) is 2. The number of hydrazone groups is 1. The number of hydrogen-bond donors (Lipinski definition) is 2. The number of carbonyl (C=O) groups excluding carboxylic acids is 1. The van der Waals surface area contributed by atoms with E-state index in [0.29, 0.717) is 18.7 Å². The third-order valence-electron chi connectivity index (χ3n) is 3.98. The number of amides is 1. The van der Waals surface area contributed by atoms with Crippen molar-refractivity contribution in [3.63, 3.8) is 0 Å². The Kier molecular flexibility index (Phi) is 7.02.